The van der Waals surface area contributed by atoms with Crippen LogP contribution in [0.3, 0.4) is 0 Å². The average molecular weight is 391 g/mol. The van der Waals surface area contributed by atoms with E-state index in [1.165, 1.54) is 5.56 Å². The van der Waals surface area contributed by atoms with E-state index in [9.17, 15) is 4.79 Å². The summed E-state index contributed by atoms with van der Waals surface area (Å²) < 4.78 is 4.31. The molecule has 23 heavy (non-hydrogen) atoms. The summed E-state index contributed by atoms with van der Waals surface area (Å²) in [6.07, 6.45) is 0. The van der Waals surface area contributed by atoms with Gasteiger partial charge in [-0.2, -0.15) is 0 Å². The van der Waals surface area contributed by atoms with Crippen LogP contribution < -0.4 is 5.32 Å². The summed E-state index contributed by atoms with van der Waals surface area (Å²) in [5.41, 5.74) is 3.01. The van der Waals surface area contributed by atoms with Gasteiger partial charge in [0, 0.05) is 13.1 Å². The number of aromatic nitrogens is 1. The topological polar surface area (TPSA) is 34.0 Å². The van der Waals surface area contributed by atoms with E-state index in [1.54, 1.807) is 11.3 Å². The van der Waals surface area contributed by atoms with Gasteiger partial charge in [-0.25, -0.2) is 0 Å². The van der Waals surface area contributed by atoms with Crippen molar-refractivity contribution in [2.75, 3.05) is 6.54 Å². The molecule has 2 aromatic heterocycles. The standard InChI is InChI=1S/C18H19BrN2OS/c1-12(2)10-20-18(22)15-8-16-14(9-17(19)23-16)21(15)11-13-6-4-3-5-7-13/h3-9,12H,10-11H2,1-2H3,(H,20,22). The van der Waals surface area contributed by atoms with Gasteiger partial charge in [-0.05, 0) is 39.5 Å². The number of rotatable bonds is 5. The summed E-state index contributed by atoms with van der Waals surface area (Å²) in [4.78, 5) is 12.6. The van der Waals surface area contributed by atoms with Crippen molar-refractivity contribution in [1.82, 2.24) is 9.88 Å². The minimum atomic E-state index is -0.00541. The van der Waals surface area contributed by atoms with Crippen molar-refractivity contribution in [2.45, 2.75) is 20.4 Å². The SMILES string of the molecule is CC(C)CNC(=O)c1cc2sc(Br)cc2n1Cc1ccccc1. The van der Waals surface area contributed by atoms with Crippen LogP contribution in [0.2, 0.25) is 0 Å². The monoisotopic (exact) mass is 390 g/mol. The molecular weight excluding hydrogens is 372 g/mol. The van der Waals surface area contributed by atoms with Crippen molar-refractivity contribution in [1.29, 1.82) is 0 Å². The fourth-order valence-electron chi connectivity index (χ4n) is 2.52. The maximum atomic E-state index is 12.6. The smallest absolute Gasteiger partial charge is 0.267 e. The van der Waals surface area contributed by atoms with Crippen LogP contribution >= 0.6 is 27.3 Å². The van der Waals surface area contributed by atoms with E-state index in [-0.39, 0.29) is 5.91 Å². The summed E-state index contributed by atoms with van der Waals surface area (Å²) in [7, 11) is 0. The number of hydrogen-bond donors (Lipinski definition) is 1. The molecular formula is C18H19BrN2OS. The number of halogens is 1. The number of nitrogens with zero attached hydrogens (tertiary/aromatic N) is 1. The normalized spacial score (nSPS) is 11.3. The van der Waals surface area contributed by atoms with Gasteiger partial charge < -0.3 is 9.88 Å². The lowest BCUT2D eigenvalue weighted by Gasteiger charge is -2.12. The molecule has 0 aliphatic rings. The molecule has 1 aromatic carbocycles. The van der Waals surface area contributed by atoms with Crippen molar-refractivity contribution >= 4 is 43.4 Å². The first kappa shape index (κ1) is 16.3. The maximum absolute atomic E-state index is 12.6. The molecule has 0 saturated heterocycles. The molecule has 3 nitrogen and oxygen atoms in total. The van der Waals surface area contributed by atoms with Gasteiger partial charge >= 0.3 is 0 Å². The Kier molecular flexibility index (Phi) is 4.87. The fraction of sp³-hybridized carbons (Fsp3) is 0.278. The van der Waals surface area contributed by atoms with E-state index in [0.717, 1.165) is 19.7 Å². The number of carbonyl (C=O) groups excluding carboxylic acids is 1. The van der Waals surface area contributed by atoms with E-state index in [1.807, 2.05) is 24.3 Å². The Morgan fingerprint density at radius 2 is 2.00 bits per heavy atom. The molecule has 0 aliphatic carbocycles. The van der Waals surface area contributed by atoms with E-state index in [0.29, 0.717) is 19.0 Å². The van der Waals surface area contributed by atoms with Crippen LogP contribution in [-0.2, 0) is 6.54 Å². The average Bonchev–Trinajstić information content (AvgIpc) is 3.03. The maximum Gasteiger partial charge on any atom is 0.267 e. The second-order valence-corrected chi connectivity index (χ2v) is 8.47. The third kappa shape index (κ3) is 3.67. The first-order valence-corrected chi connectivity index (χ1v) is 9.26. The molecule has 1 amide bonds. The summed E-state index contributed by atoms with van der Waals surface area (Å²) in [6, 6.07) is 14.3. The van der Waals surface area contributed by atoms with Crippen LogP contribution in [-0.4, -0.2) is 17.0 Å². The molecule has 3 rings (SSSR count). The minimum Gasteiger partial charge on any atom is -0.351 e. The van der Waals surface area contributed by atoms with Gasteiger partial charge in [0.2, 0.25) is 0 Å². The lowest BCUT2D eigenvalue weighted by Crippen LogP contribution is -2.29. The number of thiophene rings is 1. The Morgan fingerprint density at radius 3 is 2.70 bits per heavy atom. The largest absolute Gasteiger partial charge is 0.351 e. The zero-order valence-corrected chi connectivity index (χ0v) is 15.6. The van der Waals surface area contributed by atoms with Crippen LogP contribution in [0.25, 0.3) is 10.2 Å². The highest BCUT2D eigenvalue weighted by molar-refractivity contribution is 9.11. The highest BCUT2D eigenvalue weighted by atomic mass is 79.9. The van der Waals surface area contributed by atoms with Crippen LogP contribution in [0, 0.1) is 5.92 Å². The molecule has 0 bridgehead atoms. The van der Waals surface area contributed by atoms with E-state index in [4.69, 9.17) is 0 Å². The van der Waals surface area contributed by atoms with Crippen molar-refractivity contribution in [2.24, 2.45) is 5.92 Å². The second-order valence-electron chi connectivity index (χ2n) is 6.01. The number of amides is 1. The third-order valence-electron chi connectivity index (χ3n) is 3.65. The predicted molar refractivity (Wildman–Crippen MR) is 100 cm³/mol. The van der Waals surface area contributed by atoms with E-state index >= 15 is 0 Å². The Morgan fingerprint density at radius 1 is 1.26 bits per heavy atom. The highest BCUT2D eigenvalue weighted by Crippen LogP contribution is 2.33. The van der Waals surface area contributed by atoms with E-state index in [2.05, 4.69) is 57.9 Å². The molecule has 5 heteroatoms. The van der Waals surface area contributed by atoms with Gasteiger partial charge in [0.15, 0.2) is 0 Å². The van der Waals surface area contributed by atoms with Crippen molar-refractivity contribution in [3.8, 4) is 0 Å². The molecule has 0 unspecified atom stereocenters. The molecule has 0 radical (unpaired) electrons. The van der Waals surface area contributed by atoms with Gasteiger partial charge in [-0.3, -0.25) is 4.79 Å². The van der Waals surface area contributed by atoms with E-state index < -0.39 is 0 Å². The van der Waals surface area contributed by atoms with Gasteiger partial charge in [-0.15, -0.1) is 11.3 Å². The van der Waals surface area contributed by atoms with Crippen LogP contribution in [0.5, 0.6) is 0 Å². The van der Waals surface area contributed by atoms with Gasteiger partial charge in [0.05, 0.1) is 14.0 Å². The fourth-order valence-corrected chi connectivity index (χ4v) is 4.09. The Balaban J connectivity index is 1.98. The number of fused-ring (bicyclic) bond motifs is 1. The Hall–Kier alpha value is -1.59. The number of hydrogen-bond acceptors (Lipinski definition) is 2. The Bertz CT molecular complexity index is 820. The van der Waals surface area contributed by atoms with Gasteiger partial charge in [0.1, 0.15) is 5.69 Å². The number of nitrogens with one attached hydrogen (secondary N) is 1. The third-order valence-corrected chi connectivity index (χ3v) is 5.22. The molecule has 0 fully saturated rings. The molecule has 3 aromatic rings. The first-order valence-electron chi connectivity index (χ1n) is 7.65. The highest BCUT2D eigenvalue weighted by Gasteiger charge is 2.17. The van der Waals surface area contributed by atoms with Crippen LogP contribution in [0.15, 0.2) is 46.3 Å². The Labute approximate surface area is 148 Å². The van der Waals surface area contributed by atoms with Crippen molar-refractivity contribution < 1.29 is 4.79 Å². The summed E-state index contributed by atoms with van der Waals surface area (Å²) in [5.74, 6) is 0.431. The summed E-state index contributed by atoms with van der Waals surface area (Å²) in [6.45, 7) is 5.57. The van der Waals surface area contributed by atoms with Crippen LogP contribution in [0.1, 0.15) is 29.9 Å². The minimum absolute atomic E-state index is 0.00541. The van der Waals surface area contributed by atoms with Crippen molar-refractivity contribution in [3.05, 3.63) is 57.5 Å². The molecule has 0 atom stereocenters. The number of carbonyl (C=O) groups is 1. The van der Waals surface area contributed by atoms with Crippen LogP contribution in [0.4, 0.5) is 0 Å². The molecule has 0 saturated carbocycles. The molecule has 0 aliphatic heterocycles. The molecule has 120 valence electrons. The lowest BCUT2D eigenvalue weighted by atomic mass is 10.2. The summed E-state index contributed by atoms with van der Waals surface area (Å²) >= 11 is 5.19. The van der Waals surface area contributed by atoms with Gasteiger partial charge in [0.25, 0.3) is 5.91 Å². The zero-order valence-electron chi connectivity index (χ0n) is 13.2. The lowest BCUT2D eigenvalue weighted by molar-refractivity contribution is 0.0940. The van der Waals surface area contributed by atoms with Crippen molar-refractivity contribution in [3.63, 3.8) is 0 Å². The summed E-state index contributed by atoms with van der Waals surface area (Å²) in [5, 5.41) is 3.02. The second kappa shape index (κ2) is 6.89. The molecule has 1 N–H and O–H groups in total. The molecule has 2 heterocycles. The molecule has 0 spiro atoms. The zero-order chi connectivity index (χ0) is 16.4. The predicted octanol–water partition coefficient (Wildman–Crippen LogP) is 4.90. The number of benzene rings is 1. The first-order chi connectivity index (χ1) is 11.0. The quantitative estimate of drug-likeness (QED) is 0.660. The van der Waals surface area contributed by atoms with Gasteiger partial charge in [-0.1, -0.05) is 44.2 Å².